The van der Waals surface area contributed by atoms with Crippen LogP contribution < -0.4 is 14.8 Å². The molecule has 0 spiro atoms. The standard InChI is InChI=1S/C18H18N4O4S2/c1-12(22-28(24,25)15-7-5-14(26-2)6-8-15)17(23)21-18-20-16(11-27-18)13-4-3-9-19-10-13/h3-12,22H,1-2H3,(H,20,21,23)/t12-/m0/s1. The van der Waals surface area contributed by atoms with Crippen LogP contribution in [-0.4, -0.2) is 37.4 Å². The third-order valence-corrected chi connectivity index (χ3v) is 6.10. The molecule has 0 saturated carbocycles. The van der Waals surface area contributed by atoms with E-state index in [1.54, 1.807) is 23.8 Å². The molecule has 8 nitrogen and oxygen atoms in total. The molecule has 0 aliphatic heterocycles. The van der Waals surface area contributed by atoms with Gasteiger partial charge in [-0.25, -0.2) is 13.4 Å². The van der Waals surface area contributed by atoms with E-state index >= 15 is 0 Å². The van der Waals surface area contributed by atoms with Crippen LogP contribution in [0.4, 0.5) is 5.13 Å². The molecule has 0 saturated heterocycles. The Morgan fingerprint density at radius 1 is 1.21 bits per heavy atom. The number of anilines is 1. The quantitative estimate of drug-likeness (QED) is 0.610. The van der Waals surface area contributed by atoms with E-state index in [9.17, 15) is 13.2 Å². The summed E-state index contributed by atoms with van der Waals surface area (Å²) in [5, 5.41) is 4.79. The summed E-state index contributed by atoms with van der Waals surface area (Å²) in [7, 11) is -2.36. The van der Waals surface area contributed by atoms with E-state index in [0.717, 1.165) is 5.56 Å². The van der Waals surface area contributed by atoms with Crippen molar-refractivity contribution in [2.24, 2.45) is 0 Å². The molecule has 2 N–H and O–H groups in total. The average Bonchev–Trinajstić information content (AvgIpc) is 3.17. The van der Waals surface area contributed by atoms with E-state index in [4.69, 9.17) is 4.74 Å². The molecule has 2 heterocycles. The molecule has 28 heavy (non-hydrogen) atoms. The molecule has 0 unspecified atom stereocenters. The molecule has 0 radical (unpaired) electrons. The summed E-state index contributed by atoms with van der Waals surface area (Å²) in [5.74, 6) is 0.0297. The molecule has 0 aliphatic rings. The first kappa shape index (κ1) is 19.9. The van der Waals surface area contributed by atoms with Gasteiger partial charge in [0.1, 0.15) is 5.75 Å². The van der Waals surface area contributed by atoms with Crippen molar-refractivity contribution >= 4 is 32.4 Å². The summed E-state index contributed by atoms with van der Waals surface area (Å²) in [6, 6.07) is 8.56. The fourth-order valence-corrected chi connectivity index (χ4v) is 4.23. The first-order chi connectivity index (χ1) is 13.4. The van der Waals surface area contributed by atoms with Crippen molar-refractivity contribution in [3.8, 4) is 17.0 Å². The molecule has 0 fully saturated rings. The molecule has 2 aromatic heterocycles. The molecule has 3 aromatic rings. The van der Waals surface area contributed by atoms with Gasteiger partial charge in [-0.05, 0) is 43.3 Å². The second kappa shape index (κ2) is 8.46. The van der Waals surface area contributed by atoms with Gasteiger partial charge in [-0.1, -0.05) is 0 Å². The zero-order valence-corrected chi connectivity index (χ0v) is 16.8. The van der Waals surface area contributed by atoms with E-state index in [0.29, 0.717) is 16.6 Å². The van der Waals surface area contributed by atoms with Crippen molar-refractivity contribution in [2.45, 2.75) is 17.9 Å². The van der Waals surface area contributed by atoms with Gasteiger partial charge >= 0.3 is 0 Å². The predicted molar refractivity (Wildman–Crippen MR) is 107 cm³/mol. The fraction of sp³-hybridized carbons (Fsp3) is 0.167. The predicted octanol–water partition coefficient (Wildman–Crippen LogP) is 2.52. The van der Waals surface area contributed by atoms with Crippen molar-refractivity contribution in [3.05, 3.63) is 54.2 Å². The van der Waals surface area contributed by atoms with Gasteiger partial charge in [0.25, 0.3) is 0 Å². The van der Waals surface area contributed by atoms with Crippen LogP contribution in [0.15, 0.2) is 59.1 Å². The number of methoxy groups -OCH3 is 1. The van der Waals surface area contributed by atoms with Crippen molar-refractivity contribution in [1.82, 2.24) is 14.7 Å². The van der Waals surface area contributed by atoms with Crippen LogP contribution in [0.5, 0.6) is 5.75 Å². The van der Waals surface area contributed by atoms with E-state index in [1.165, 1.54) is 49.6 Å². The third-order valence-electron chi connectivity index (χ3n) is 3.79. The maximum atomic E-state index is 12.4. The first-order valence-electron chi connectivity index (χ1n) is 8.22. The van der Waals surface area contributed by atoms with Gasteiger partial charge in [-0.3, -0.25) is 9.78 Å². The summed E-state index contributed by atoms with van der Waals surface area (Å²) >= 11 is 1.25. The topological polar surface area (TPSA) is 110 Å². The summed E-state index contributed by atoms with van der Waals surface area (Å²) in [6.07, 6.45) is 3.33. The van der Waals surface area contributed by atoms with E-state index < -0.39 is 22.0 Å². The lowest BCUT2D eigenvalue weighted by molar-refractivity contribution is -0.117. The number of carbonyl (C=O) groups is 1. The Bertz CT molecular complexity index is 1050. The minimum Gasteiger partial charge on any atom is -0.497 e. The second-order valence-electron chi connectivity index (χ2n) is 5.79. The van der Waals surface area contributed by atoms with Gasteiger partial charge in [0, 0.05) is 23.3 Å². The van der Waals surface area contributed by atoms with Gasteiger partial charge < -0.3 is 10.1 Å². The van der Waals surface area contributed by atoms with Crippen LogP contribution in [0, 0.1) is 0 Å². The number of sulfonamides is 1. The second-order valence-corrected chi connectivity index (χ2v) is 8.36. The molecular formula is C18H18N4O4S2. The third kappa shape index (κ3) is 4.71. The minimum atomic E-state index is -3.85. The van der Waals surface area contributed by atoms with Crippen molar-refractivity contribution in [3.63, 3.8) is 0 Å². The van der Waals surface area contributed by atoms with Crippen LogP contribution in [0.3, 0.4) is 0 Å². The number of pyridine rings is 1. The first-order valence-corrected chi connectivity index (χ1v) is 10.6. The molecule has 1 atom stereocenters. The van der Waals surface area contributed by atoms with Crippen molar-refractivity contribution in [1.29, 1.82) is 0 Å². The minimum absolute atomic E-state index is 0.0427. The Morgan fingerprint density at radius 3 is 2.61 bits per heavy atom. The summed E-state index contributed by atoms with van der Waals surface area (Å²) in [4.78, 5) is 20.8. The lowest BCUT2D eigenvalue weighted by Crippen LogP contribution is -2.41. The average molecular weight is 419 g/mol. The highest BCUT2D eigenvalue weighted by Gasteiger charge is 2.23. The van der Waals surface area contributed by atoms with Crippen LogP contribution in [0.2, 0.25) is 0 Å². The number of aromatic nitrogens is 2. The van der Waals surface area contributed by atoms with Crippen molar-refractivity contribution < 1.29 is 17.9 Å². The number of thiazole rings is 1. The monoisotopic (exact) mass is 418 g/mol. The van der Waals surface area contributed by atoms with Crippen LogP contribution in [-0.2, 0) is 14.8 Å². The molecule has 0 aliphatic carbocycles. The number of hydrogen-bond donors (Lipinski definition) is 2. The van der Waals surface area contributed by atoms with Gasteiger partial charge in [-0.15, -0.1) is 11.3 Å². The maximum absolute atomic E-state index is 12.4. The molecule has 0 bridgehead atoms. The lowest BCUT2D eigenvalue weighted by atomic mass is 10.2. The normalized spacial score (nSPS) is 12.4. The highest BCUT2D eigenvalue weighted by Crippen LogP contribution is 2.24. The number of benzene rings is 1. The Kier molecular flexibility index (Phi) is 6.02. The smallest absolute Gasteiger partial charge is 0.244 e. The number of amides is 1. The highest BCUT2D eigenvalue weighted by molar-refractivity contribution is 7.89. The number of carbonyl (C=O) groups excluding carboxylic acids is 1. The van der Waals surface area contributed by atoms with Crippen molar-refractivity contribution in [2.75, 3.05) is 12.4 Å². The highest BCUT2D eigenvalue weighted by atomic mass is 32.2. The maximum Gasteiger partial charge on any atom is 0.244 e. The Hall–Kier alpha value is -2.82. The SMILES string of the molecule is COc1ccc(S(=O)(=O)N[C@@H](C)C(=O)Nc2nc(-c3cccnc3)cs2)cc1. The van der Waals surface area contributed by atoms with Gasteiger partial charge in [0.2, 0.25) is 15.9 Å². The molecular weight excluding hydrogens is 400 g/mol. The number of ether oxygens (including phenoxy) is 1. The van der Waals surface area contributed by atoms with E-state index in [2.05, 4.69) is 20.0 Å². The Labute approximate surface area is 166 Å². The molecule has 146 valence electrons. The summed E-state index contributed by atoms with van der Waals surface area (Å²) in [6.45, 7) is 1.46. The zero-order valence-electron chi connectivity index (χ0n) is 15.1. The van der Waals surface area contributed by atoms with Crippen LogP contribution in [0.25, 0.3) is 11.3 Å². The van der Waals surface area contributed by atoms with Gasteiger partial charge in [0.15, 0.2) is 5.13 Å². The molecule has 1 aromatic carbocycles. The molecule has 3 rings (SSSR count). The number of hydrogen-bond acceptors (Lipinski definition) is 7. The lowest BCUT2D eigenvalue weighted by Gasteiger charge is -2.13. The summed E-state index contributed by atoms with van der Waals surface area (Å²) < 4.78 is 32.2. The van der Waals surface area contributed by atoms with Gasteiger partial charge in [0.05, 0.1) is 23.7 Å². The molecule has 1 amide bonds. The van der Waals surface area contributed by atoms with E-state index in [-0.39, 0.29) is 4.90 Å². The number of rotatable bonds is 7. The summed E-state index contributed by atoms with van der Waals surface area (Å²) in [5.41, 5.74) is 1.51. The Morgan fingerprint density at radius 2 is 1.96 bits per heavy atom. The van der Waals surface area contributed by atoms with E-state index in [1.807, 2.05) is 6.07 Å². The zero-order chi connectivity index (χ0) is 20.1. The van der Waals surface area contributed by atoms with Crippen LogP contribution >= 0.6 is 11.3 Å². The number of nitrogens with zero attached hydrogens (tertiary/aromatic N) is 2. The van der Waals surface area contributed by atoms with Gasteiger partial charge in [-0.2, -0.15) is 4.72 Å². The fourth-order valence-electron chi connectivity index (χ4n) is 2.30. The molecule has 10 heteroatoms. The number of nitrogens with one attached hydrogen (secondary N) is 2. The van der Waals surface area contributed by atoms with Crippen LogP contribution in [0.1, 0.15) is 6.92 Å². The largest absolute Gasteiger partial charge is 0.497 e. The Balaban J connectivity index is 1.65.